The van der Waals surface area contributed by atoms with Crippen molar-refractivity contribution in [2.45, 2.75) is 31.6 Å². The van der Waals surface area contributed by atoms with E-state index in [0.717, 1.165) is 29.9 Å². The molecule has 0 bridgehead atoms. The summed E-state index contributed by atoms with van der Waals surface area (Å²) in [6.45, 7) is 0.00585. The number of amides is 2. The van der Waals surface area contributed by atoms with Gasteiger partial charge in [0.25, 0.3) is 11.8 Å². The number of fused-ring (bicyclic) bond motifs is 2. The number of aryl methyl sites for hydroxylation is 1. The lowest BCUT2D eigenvalue weighted by molar-refractivity contribution is -0.152. The van der Waals surface area contributed by atoms with Gasteiger partial charge in [-0.1, -0.05) is 18.2 Å². The number of aromatic nitrogens is 2. The number of nitrogens with zero attached hydrogens (tertiary/aromatic N) is 3. The number of alkyl halides is 3. The van der Waals surface area contributed by atoms with Crippen LogP contribution in [-0.4, -0.2) is 21.8 Å². The number of hydrogen-bond acceptors (Lipinski definition) is 6. The third kappa shape index (κ3) is 4.99. The Morgan fingerprint density at radius 2 is 1.84 bits per heavy atom. The van der Waals surface area contributed by atoms with Crippen LogP contribution in [-0.2, 0) is 19.1 Å². The molecule has 0 spiro atoms. The minimum atomic E-state index is -4.59. The minimum Gasteiger partial charge on any atom is -0.451 e. The Labute approximate surface area is 208 Å². The number of furan rings is 1. The van der Waals surface area contributed by atoms with E-state index in [1.54, 1.807) is 12.1 Å². The summed E-state index contributed by atoms with van der Waals surface area (Å²) in [5, 5.41) is 14.9. The maximum Gasteiger partial charge on any atom is 0.449 e. The highest BCUT2D eigenvalue weighted by atomic mass is 19.4. The molecule has 1 aliphatic rings. The van der Waals surface area contributed by atoms with E-state index in [0.29, 0.717) is 22.9 Å². The lowest BCUT2D eigenvalue weighted by Crippen LogP contribution is -2.29. The van der Waals surface area contributed by atoms with Crippen molar-refractivity contribution >= 4 is 22.8 Å². The Kier molecular flexibility index (Phi) is 6.09. The molecule has 2 heterocycles. The van der Waals surface area contributed by atoms with E-state index in [1.807, 2.05) is 12.1 Å². The van der Waals surface area contributed by atoms with Gasteiger partial charge in [0, 0.05) is 18.0 Å². The first kappa shape index (κ1) is 24.0. The highest BCUT2D eigenvalue weighted by Gasteiger charge is 2.35. The molecule has 0 fully saturated rings. The van der Waals surface area contributed by atoms with Crippen molar-refractivity contribution in [3.63, 3.8) is 0 Å². The van der Waals surface area contributed by atoms with Crippen LogP contribution in [0.1, 0.15) is 61.5 Å². The zero-order chi connectivity index (χ0) is 26.2. The van der Waals surface area contributed by atoms with Crippen LogP contribution in [0.5, 0.6) is 0 Å². The van der Waals surface area contributed by atoms with E-state index >= 15 is 0 Å². The van der Waals surface area contributed by atoms with Gasteiger partial charge in [-0.15, -0.1) is 0 Å². The van der Waals surface area contributed by atoms with Crippen molar-refractivity contribution in [3.8, 4) is 6.07 Å². The van der Waals surface area contributed by atoms with Gasteiger partial charge < -0.3 is 15.1 Å². The fourth-order valence-corrected chi connectivity index (χ4v) is 4.27. The summed E-state index contributed by atoms with van der Waals surface area (Å²) in [4.78, 5) is 33.3. The summed E-state index contributed by atoms with van der Waals surface area (Å²) in [6.07, 6.45) is -2.07. The lowest BCUT2D eigenvalue weighted by atomic mass is 10.1. The van der Waals surface area contributed by atoms with Gasteiger partial charge in [0.2, 0.25) is 5.76 Å². The largest absolute Gasteiger partial charge is 0.451 e. The molecule has 5 rings (SSSR count). The molecule has 11 heteroatoms. The summed E-state index contributed by atoms with van der Waals surface area (Å²) < 4.78 is 43.5. The summed E-state index contributed by atoms with van der Waals surface area (Å²) >= 11 is 0. The van der Waals surface area contributed by atoms with Crippen molar-refractivity contribution in [1.29, 1.82) is 5.26 Å². The molecule has 0 unspecified atom stereocenters. The number of carbonyl (C=O) groups excluding carboxylic acids is 2. The molecule has 8 nitrogen and oxygen atoms in total. The topological polar surface area (TPSA) is 121 Å². The first-order valence-electron chi connectivity index (χ1n) is 11.2. The summed E-state index contributed by atoms with van der Waals surface area (Å²) in [5.74, 6) is -2.15. The molecule has 186 valence electrons. The number of nitrogens with one attached hydrogen (secondary N) is 2. The zero-order valence-electron chi connectivity index (χ0n) is 19.1. The molecular formula is C26H18F3N5O3. The molecule has 4 aromatic rings. The van der Waals surface area contributed by atoms with Crippen molar-refractivity contribution in [3.05, 3.63) is 94.3 Å². The third-order valence-electron chi connectivity index (χ3n) is 6.10. The smallest absolute Gasteiger partial charge is 0.449 e. The molecule has 0 aliphatic heterocycles. The van der Waals surface area contributed by atoms with Crippen LogP contribution in [0, 0.1) is 11.3 Å². The monoisotopic (exact) mass is 505 g/mol. The van der Waals surface area contributed by atoms with Crippen LogP contribution in [0.2, 0.25) is 0 Å². The number of halogens is 3. The normalized spacial score (nSPS) is 14.7. The Bertz CT molecular complexity index is 1570. The van der Waals surface area contributed by atoms with Gasteiger partial charge in [-0.3, -0.25) is 9.59 Å². The second kappa shape index (κ2) is 9.39. The quantitative estimate of drug-likeness (QED) is 0.413. The Morgan fingerprint density at radius 3 is 2.59 bits per heavy atom. The number of nitriles is 1. The van der Waals surface area contributed by atoms with Gasteiger partial charge in [-0.05, 0) is 53.8 Å². The average molecular weight is 505 g/mol. The Hall–Kier alpha value is -4.72. The highest BCUT2D eigenvalue weighted by Crippen LogP contribution is 2.34. The summed E-state index contributed by atoms with van der Waals surface area (Å²) in [5.41, 5.74) is 3.06. The van der Waals surface area contributed by atoms with E-state index in [1.165, 1.54) is 18.2 Å². The second-order valence-corrected chi connectivity index (χ2v) is 8.54. The minimum absolute atomic E-state index is 0.00585. The summed E-state index contributed by atoms with van der Waals surface area (Å²) in [7, 11) is 0. The maximum absolute atomic E-state index is 12.9. The molecule has 2 aromatic carbocycles. The van der Waals surface area contributed by atoms with Gasteiger partial charge >= 0.3 is 6.18 Å². The number of rotatable bonds is 5. The number of hydrogen-bond donors (Lipinski definition) is 2. The first-order chi connectivity index (χ1) is 17.7. The molecular weight excluding hydrogens is 487 g/mol. The van der Waals surface area contributed by atoms with E-state index < -0.39 is 23.8 Å². The van der Waals surface area contributed by atoms with Crippen LogP contribution >= 0.6 is 0 Å². The third-order valence-corrected chi connectivity index (χ3v) is 6.10. The van der Waals surface area contributed by atoms with Gasteiger partial charge in [0.15, 0.2) is 0 Å². The van der Waals surface area contributed by atoms with Crippen molar-refractivity contribution in [2.75, 3.05) is 0 Å². The maximum atomic E-state index is 12.9. The summed E-state index contributed by atoms with van der Waals surface area (Å²) in [6, 6.07) is 13.9. The van der Waals surface area contributed by atoms with Gasteiger partial charge in [0.05, 0.1) is 17.7 Å². The predicted molar refractivity (Wildman–Crippen MR) is 124 cm³/mol. The second-order valence-electron chi connectivity index (χ2n) is 8.54. The van der Waals surface area contributed by atoms with Crippen LogP contribution in [0.4, 0.5) is 13.2 Å². The van der Waals surface area contributed by atoms with Crippen LogP contribution in [0.25, 0.3) is 11.0 Å². The molecule has 2 aromatic heterocycles. The van der Waals surface area contributed by atoms with Gasteiger partial charge in [-0.25, -0.2) is 9.97 Å². The molecule has 1 aliphatic carbocycles. The first-order valence-corrected chi connectivity index (χ1v) is 11.2. The number of benzene rings is 2. The fourth-order valence-electron chi connectivity index (χ4n) is 4.27. The zero-order valence-corrected chi connectivity index (χ0v) is 19.1. The van der Waals surface area contributed by atoms with E-state index in [2.05, 4.69) is 26.7 Å². The average Bonchev–Trinajstić information content (AvgIpc) is 3.51. The van der Waals surface area contributed by atoms with Crippen LogP contribution in [0.3, 0.4) is 0 Å². The molecule has 37 heavy (non-hydrogen) atoms. The standard InChI is InChI=1S/C26H18F3N5O3/c27-26(28,29)23-9-17-3-1-15(8-22(17)37-23)12-31-24(35)20-10-21(33-13-32-20)25(36)34-19-6-4-16-7-14(11-30)2-5-18(16)19/h1-3,5,7-10,13,19H,4,6,12H2,(H,31,35)(H,34,36)/t19-/m1/s1. The van der Waals surface area contributed by atoms with E-state index in [9.17, 15) is 22.8 Å². The predicted octanol–water partition coefficient (Wildman–Crippen LogP) is 4.46. The molecule has 2 N–H and O–H groups in total. The lowest BCUT2D eigenvalue weighted by Gasteiger charge is -2.14. The molecule has 2 amide bonds. The van der Waals surface area contributed by atoms with Gasteiger partial charge in [0.1, 0.15) is 23.3 Å². The molecule has 1 atom stereocenters. The Balaban J connectivity index is 1.24. The molecule has 0 saturated carbocycles. The van der Waals surface area contributed by atoms with Crippen LogP contribution in [0.15, 0.2) is 59.3 Å². The highest BCUT2D eigenvalue weighted by molar-refractivity contribution is 5.97. The van der Waals surface area contributed by atoms with Crippen molar-refractivity contribution < 1.29 is 27.2 Å². The van der Waals surface area contributed by atoms with Crippen molar-refractivity contribution in [1.82, 2.24) is 20.6 Å². The molecule has 0 saturated heterocycles. The van der Waals surface area contributed by atoms with E-state index in [-0.39, 0.29) is 29.6 Å². The van der Waals surface area contributed by atoms with Crippen LogP contribution < -0.4 is 10.6 Å². The van der Waals surface area contributed by atoms with E-state index in [4.69, 9.17) is 9.68 Å². The van der Waals surface area contributed by atoms with Crippen molar-refractivity contribution in [2.24, 2.45) is 0 Å². The Morgan fingerprint density at radius 1 is 1.05 bits per heavy atom. The van der Waals surface area contributed by atoms with Gasteiger partial charge in [-0.2, -0.15) is 18.4 Å². The SMILES string of the molecule is N#Cc1ccc2c(c1)CC[C@H]2NC(=O)c1cc(C(=O)NCc2ccc3cc(C(F)(F)F)oc3c2)ncn1. The molecule has 0 radical (unpaired) electrons. The number of carbonyl (C=O) groups is 2. The fraction of sp³-hybridized carbons (Fsp3) is 0.192.